The van der Waals surface area contributed by atoms with Gasteiger partial charge in [0.05, 0.1) is 19.2 Å². The molecule has 6 heteroatoms. The summed E-state index contributed by atoms with van der Waals surface area (Å²) in [6, 6.07) is 5.86. The Morgan fingerprint density at radius 3 is 2.86 bits per heavy atom. The number of carboxylic acid groups (broad SMARTS) is 1. The zero-order valence-electron chi connectivity index (χ0n) is 11.7. The maximum absolute atomic E-state index is 10.7. The molecule has 3 rings (SSSR count). The number of nitrogens with zero attached hydrogens (tertiary/aromatic N) is 2. The second kappa shape index (κ2) is 5.21. The number of ether oxygens (including phenoxy) is 1. The van der Waals surface area contributed by atoms with E-state index >= 15 is 0 Å². The standard InChI is InChI=1S/C15H14N2O3S/c1-9-5-10(20-2)3-4-12(9)13-8-17-7-11(6-14(18)19)21-15(17)16-13/h3-5,7-8H,6H2,1-2H3,(H,18,19). The number of imidazole rings is 1. The molecular formula is C15H14N2O3S. The molecule has 21 heavy (non-hydrogen) atoms. The highest BCUT2D eigenvalue weighted by molar-refractivity contribution is 7.17. The van der Waals surface area contributed by atoms with Gasteiger partial charge in [0.2, 0.25) is 0 Å². The lowest BCUT2D eigenvalue weighted by atomic mass is 10.1. The van der Waals surface area contributed by atoms with Gasteiger partial charge in [-0.2, -0.15) is 0 Å². The Morgan fingerprint density at radius 2 is 2.24 bits per heavy atom. The van der Waals surface area contributed by atoms with E-state index < -0.39 is 5.97 Å². The van der Waals surface area contributed by atoms with Gasteiger partial charge in [0.25, 0.3) is 0 Å². The third-order valence-electron chi connectivity index (χ3n) is 3.24. The SMILES string of the molecule is COc1ccc(-c2cn3cc(CC(=O)O)sc3n2)c(C)c1. The Balaban J connectivity index is 1.98. The highest BCUT2D eigenvalue weighted by Crippen LogP contribution is 2.28. The molecule has 108 valence electrons. The predicted octanol–water partition coefficient (Wildman–Crippen LogP) is 3.01. The number of fused-ring (bicyclic) bond motifs is 1. The number of benzene rings is 1. The smallest absolute Gasteiger partial charge is 0.308 e. The fraction of sp³-hybridized carbons (Fsp3) is 0.200. The first-order valence-corrected chi connectivity index (χ1v) is 7.22. The van der Waals surface area contributed by atoms with Gasteiger partial charge in [-0.3, -0.25) is 9.20 Å². The van der Waals surface area contributed by atoms with Crippen molar-refractivity contribution in [3.8, 4) is 17.0 Å². The number of methoxy groups -OCH3 is 1. The molecule has 0 aliphatic carbocycles. The molecule has 0 radical (unpaired) electrons. The van der Waals surface area contributed by atoms with Crippen LogP contribution in [-0.2, 0) is 11.2 Å². The van der Waals surface area contributed by atoms with Crippen molar-refractivity contribution in [2.45, 2.75) is 13.3 Å². The van der Waals surface area contributed by atoms with Gasteiger partial charge in [0.15, 0.2) is 4.96 Å². The summed E-state index contributed by atoms with van der Waals surface area (Å²) >= 11 is 1.40. The topological polar surface area (TPSA) is 63.8 Å². The van der Waals surface area contributed by atoms with Crippen molar-refractivity contribution in [1.29, 1.82) is 0 Å². The Kier molecular flexibility index (Phi) is 3.39. The van der Waals surface area contributed by atoms with Crippen molar-refractivity contribution in [3.05, 3.63) is 41.0 Å². The quantitative estimate of drug-likeness (QED) is 0.804. The third-order valence-corrected chi connectivity index (χ3v) is 4.24. The van der Waals surface area contributed by atoms with Crippen molar-refractivity contribution in [3.63, 3.8) is 0 Å². The van der Waals surface area contributed by atoms with Crippen LogP contribution in [0.2, 0.25) is 0 Å². The Hall–Kier alpha value is -2.34. The summed E-state index contributed by atoms with van der Waals surface area (Å²) in [5.74, 6) is -0.00765. The first-order valence-electron chi connectivity index (χ1n) is 6.41. The molecule has 2 heterocycles. The Bertz CT molecular complexity index is 788. The van der Waals surface area contributed by atoms with E-state index in [0.29, 0.717) is 0 Å². The highest BCUT2D eigenvalue weighted by atomic mass is 32.1. The summed E-state index contributed by atoms with van der Waals surface area (Å²) in [5.41, 5.74) is 3.01. The summed E-state index contributed by atoms with van der Waals surface area (Å²) in [7, 11) is 1.64. The first kappa shape index (κ1) is 13.6. The lowest BCUT2D eigenvalue weighted by Crippen LogP contribution is -1.97. The zero-order chi connectivity index (χ0) is 15.0. The number of aromatic nitrogens is 2. The maximum atomic E-state index is 10.7. The van der Waals surface area contributed by atoms with Crippen molar-refractivity contribution in [1.82, 2.24) is 9.38 Å². The second-order valence-corrected chi connectivity index (χ2v) is 5.86. The van der Waals surface area contributed by atoms with Crippen LogP contribution < -0.4 is 4.74 Å². The van der Waals surface area contributed by atoms with E-state index in [9.17, 15) is 4.79 Å². The average molecular weight is 302 g/mol. The van der Waals surface area contributed by atoms with E-state index in [1.54, 1.807) is 7.11 Å². The monoisotopic (exact) mass is 302 g/mol. The van der Waals surface area contributed by atoms with Gasteiger partial charge < -0.3 is 9.84 Å². The molecule has 1 aromatic carbocycles. The number of hydrogen-bond donors (Lipinski definition) is 1. The number of carbonyl (C=O) groups is 1. The van der Waals surface area contributed by atoms with Gasteiger partial charge in [-0.05, 0) is 30.7 Å². The van der Waals surface area contributed by atoms with E-state index in [1.165, 1.54) is 11.3 Å². The molecule has 5 nitrogen and oxygen atoms in total. The summed E-state index contributed by atoms with van der Waals surface area (Å²) in [6.45, 7) is 2.02. The van der Waals surface area contributed by atoms with Gasteiger partial charge in [0, 0.05) is 22.8 Å². The molecule has 0 amide bonds. The van der Waals surface area contributed by atoms with Crippen LogP contribution in [0.4, 0.5) is 0 Å². The van der Waals surface area contributed by atoms with Crippen LogP contribution in [0, 0.1) is 6.92 Å². The van der Waals surface area contributed by atoms with Gasteiger partial charge >= 0.3 is 5.97 Å². The molecule has 0 aliphatic heterocycles. The largest absolute Gasteiger partial charge is 0.497 e. The van der Waals surface area contributed by atoms with Crippen molar-refractivity contribution in [2.75, 3.05) is 7.11 Å². The molecule has 0 bridgehead atoms. The molecule has 0 saturated heterocycles. The zero-order valence-corrected chi connectivity index (χ0v) is 12.5. The molecule has 0 spiro atoms. The van der Waals surface area contributed by atoms with Gasteiger partial charge in [-0.1, -0.05) is 0 Å². The van der Waals surface area contributed by atoms with Gasteiger partial charge in [-0.25, -0.2) is 4.98 Å². The lowest BCUT2D eigenvalue weighted by Gasteiger charge is -2.05. The number of carboxylic acids is 1. The Labute approximate surface area is 125 Å². The van der Waals surface area contributed by atoms with Crippen molar-refractivity contribution in [2.24, 2.45) is 0 Å². The summed E-state index contributed by atoms with van der Waals surface area (Å²) in [5, 5.41) is 8.81. The Morgan fingerprint density at radius 1 is 1.43 bits per heavy atom. The average Bonchev–Trinajstić information content (AvgIpc) is 2.95. The number of aliphatic carboxylic acids is 1. The van der Waals surface area contributed by atoms with Crippen LogP contribution in [0.15, 0.2) is 30.6 Å². The van der Waals surface area contributed by atoms with Crippen LogP contribution in [0.25, 0.3) is 16.2 Å². The second-order valence-electron chi connectivity index (χ2n) is 4.76. The summed E-state index contributed by atoms with van der Waals surface area (Å²) in [4.78, 5) is 16.9. The number of hydrogen-bond acceptors (Lipinski definition) is 4. The predicted molar refractivity (Wildman–Crippen MR) is 81.1 cm³/mol. The molecule has 3 aromatic rings. The van der Waals surface area contributed by atoms with Crippen LogP contribution >= 0.6 is 11.3 Å². The molecule has 0 aliphatic rings. The molecule has 0 fully saturated rings. The molecule has 2 aromatic heterocycles. The van der Waals surface area contributed by atoms with E-state index in [1.807, 2.05) is 41.9 Å². The molecule has 0 saturated carbocycles. The highest BCUT2D eigenvalue weighted by Gasteiger charge is 2.12. The minimum absolute atomic E-state index is 0.0327. The van der Waals surface area contributed by atoms with E-state index in [0.717, 1.165) is 32.4 Å². The molecule has 0 unspecified atom stereocenters. The van der Waals surface area contributed by atoms with Crippen molar-refractivity contribution >= 4 is 22.3 Å². The van der Waals surface area contributed by atoms with Crippen LogP contribution in [0.5, 0.6) is 5.75 Å². The minimum atomic E-state index is -0.828. The van der Waals surface area contributed by atoms with Crippen molar-refractivity contribution < 1.29 is 14.6 Å². The van der Waals surface area contributed by atoms with E-state index in [4.69, 9.17) is 9.84 Å². The summed E-state index contributed by atoms with van der Waals surface area (Å²) in [6.07, 6.45) is 3.78. The first-order chi connectivity index (χ1) is 10.1. The third kappa shape index (κ3) is 2.62. The lowest BCUT2D eigenvalue weighted by molar-refractivity contribution is -0.136. The number of aryl methyl sites for hydroxylation is 1. The minimum Gasteiger partial charge on any atom is -0.497 e. The number of rotatable bonds is 4. The maximum Gasteiger partial charge on any atom is 0.308 e. The van der Waals surface area contributed by atoms with Gasteiger partial charge in [0.1, 0.15) is 5.75 Å². The summed E-state index contributed by atoms with van der Waals surface area (Å²) < 4.78 is 7.08. The fourth-order valence-electron chi connectivity index (χ4n) is 2.25. The van der Waals surface area contributed by atoms with E-state index in [2.05, 4.69) is 4.98 Å². The number of thiazole rings is 1. The van der Waals surface area contributed by atoms with Crippen LogP contribution in [-0.4, -0.2) is 27.6 Å². The van der Waals surface area contributed by atoms with Crippen LogP contribution in [0.1, 0.15) is 10.4 Å². The van der Waals surface area contributed by atoms with Gasteiger partial charge in [-0.15, -0.1) is 11.3 Å². The molecule has 1 N–H and O–H groups in total. The fourth-order valence-corrected chi connectivity index (χ4v) is 3.21. The molecule has 0 atom stereocenters. The van der Waals surface area contributed by atoms with Crippen LogP contribution in [0.3, 0.4) is 0 Å². The molecular weight excluding hydrogens is 288 g/mol. The van der Waals surface area contributed by atoms with E-state index in [-0.39, 0.29) is 6.42 Å². The normalized spacial score (nSPS) is 11.0.